The van der Waals surface area contributed by atoms with Gasteiger partial charge in [-0.1, -0.05) is 0 Å². The van der Waals surface area contributed by atoms with Crippen molar-refractivity contribution in [3.05, 3.63) is 39.9 Å². The molecule has 2 fully saturated rings. The van der Waals surface area contributed by atoms with E-state index in [4.69, 9.17) is 14.2 Å². The van der Waals surface area contributed by atoms with E-state index in [1.807, 2.05) is 23.5 Å². The summed E-state index contributed by atoms with van der Waals surface area (Å²) in [6, 6.07) is 5.33. The molecule has 0 N–H and O–H groups in total. The molecule has 0 amide bonds. The van der Waals surface area contributed by atoms with E-state index in [1.54, 1.807) is 0 Å². The second-order valence-corrected chi connectivity index (χ2v) is 10.1. The number of carbonyl (C=O) groups is 2. The number of methoxy groups -OCH3 is 1. The highest BCUT2D eigenvalue weighted by atomic mass is 32.2. The minimum Gasteiger partial charge on any atom is -0.469 e. The summed E-state index contributed by atoms with van der Waals surface area (Å²) >= 11 is 3.84. The van der Waals surface area contributed by atoms with Gasteiger partial charge >= 0.3 is 11.9 Å². The van der Waals surface area contributed by atoms with Gasteiger partial charge in [0.1, 0.15) is 6.10 Å². The summed E-state index contributed by atoms with van der Waals surface area (Å²) in [4.78, 5) is 34.5. The molecule has 3 atom stereocenters. The second kappa shape index (κ2) is 11.0. The summed E-state index contributed by atoms with van der Waals surface area (Å²) in [5.74, 6) is 1.37. The minimum atomic E-state index is -0.534. The molecule has 164 valence electrons. The van der Waals surface area contributed by atoms with E-state index in [2.05, 4.69) is 0 Å². The molecule has 2 heterocycles. The van der Waals surface area contributed by atoms with E-state index in [1.165, 1.54) is 37.8 Å². The number of thioether (sulfide) groups is 2. The Labute approximate surface area is 183 Å². The third-order valence-corrected chi connectivity index (χ3v) is 7.99. The molecule has 0 saturated carbocycles. The predicted octanol–water partition coefficient (Wildman–Crippen LogP) is 3.82. The van der Waals surface area contributed by atoms with Crippen LogP contribution in [0.2, 0.25) is 0 Å². The van der Waals surface area contributed by atoms with E-state index in [9.17, 15) is 19.7 Å². The quantitative estimate of drug-likeness (QED) is 0.345. The molecule has 1 aromatic carbocycles. The lowest BCUT2D eigenvalue weighted by Gasteiger charge is -2.36. The molecule has 0 unspecified atom stereocenters. The molecule has 10 heteroatoms. The maximum absolute atomic E-state index is 12.5. The molecule has 0 bridgehead atoms. The zero-order valence-electron chi connectivity index (χ0n) is 16.7. The van der Waals surface area contributed by atoms with Gasteiger partial charge in [-0.05, 0) is 36.5 Å². The first-order chi connectivity index (χ1) is 14.4. The third-order valence-electron chi connectivity index (χ3n) is 5.00. The average Bonchev–Trinajstić information content (AvgIpc) is 2.74. The molecule has 3 rings (SSSR count). The lowest BCUT2D eigenvalue weighted by atomic mass is 9.97. The monoisotopic (exact) mass is 455 g/mol. The lowest BCUT2D eigenvalue weighted by Crippen LogP contribution is -2.40. The number of non-ortho nitro benzene ring substituents is 1. The van der Waals surface area contributed by atoms with E-state index in [-0.39, 0.29) is 42.0 Å². The number of carbonyl (C=O) groups excluding carboxylic acids is 2. The van der Waals surface area contributed by atoms with E-state index < -0.39 is 10.9 Å². The predicted molar refractivity (Wildman–Crippen MR) is 115 cm³/mol. The van der Waals surface area contributed by atoms with Crippen LogP contribution in [0.25, 0.3) is 0 Å². The summed E-state index contributed by atoms with van der Waals surface area (Å²) in [7, 11) is 1.34. The van der Waals surface area contributed by atoms with Crippen molar-refractivity contribution in [2.24, 2.45) is 0 Å². The van der Waals surface area contributed by atoms with Crippen molar-refractivity contribution in [2.45, 2.75) is 55.0 Å². The van der Waals surface area contributed by atoms with Gasteiger partial charge in [-0.3, -0.25) is 14.9 Å². The van der Waals surface area contributed by atoms with Gasteiger partial charge in [0.05, 0.1) is 40.8 Å². The normalized spacial score (nSPS) is 24.8. The molecule has 0 spiro atoms. The van der Waals surface area contributed by atoms with Crippen LogP contribution in [0.15, 0.2) is 24.3 Å². The Morgan fingerprint density at radius 1 is 1.17 bits per heavy atom. The first kappa shape index (κ1) is 22.9. The van der Waals surface area contributed by atoms with Crippen LogP contribution in [0, 0.1) is 10.1 Å². The maximum atomic E-state index is 12.5. The molecule has 0 aliphatic carbocycles. The summed E-state index contributed by atoms with van der Waals surface area (Å²) in [5.41, 5.74) is 0.171. The largest absolute Gasteiger partial charge is 0.469 e. The Bertz CT molecular complexity index is 752. The Balaban J connectivity index is 1.63. The number of nitro benzene ring substituents is 1. The van der Waals surface area contributed by atoms with Gasteiger partial charge < -0.3 is 14.2 Å². The Morgan fingerprint density at radius 2 is 1.83 bits per heavy atom. The summed E-state index contributed by atoms with van der Waals surface area (Å²) in [6.07, 6.45) is 2.26. The molecule has 30 heavy (non-hydrogen) atoms. The molecular formula is C20H25NO7S2. The topological polar surface area (TPSA) is 105 Å². The Morgan fingerprint density at radius 3 is 2.47 bits per heavy atom. The standard InChI is InChI=1S/C20H25NO7S2/c1-26-18(22)11-16-9-15(10-17(27-16)12-19-29-7-2-8-30-19)28-20(23)13-3-5-14(6-4-13)21(24)25/h3-6,15-17,19H,2,7-12H2,1H3/t15-,16+,17-/m1/s1. The fourth-order valence-corrected chi connectivity index (χ4v) is 6.53. The molecule has 2 aliphatic rings. The number of rotatable bonds is 7. The fourth-order valence-electron chi connectivity index (χ4n) is 3.54. The number of nitrogens with zero attached hydrogens (tertiary/aromatic N) is 1. The van der Waals surface area contributed by atoms with Gasteiger partial charge in [-0.2, -0.15) is 0 Å². The van der Waals surface area contributed by atoms with Crippen LogP contribution < -0.4 is 0 Å². The molecule has 2 saturated heterocycles. The van der Waals surface area contributed by atoms with Crippen LogP contribution in [0.1, 0.15) is 42.5 Å². The van der Waals surface area contributed by atoms with Gasteiger partial charge in [-0.15, -0.1) is 23.5 Å². The highest BCUT2D eigenvalue weighted by molar-refractivity contribution is 8.17. The molecule has 1 aromatic rings. The highest BCUT2D eigenvalue weighted by Crippen LogP contribution is 2.37. The number of hydrogen-bond acceptors (Lipinski definition) is 9. The van der Waals surface area contributed by atoms with Gasteiger partial charge in [-0.25, -0.2) is 4.79 Å². The molecule has 0 radical (unpaired) electrons. The minimum absolute atomic E-state index is 0.0849. The van der Waals surface area contributed by atoms with Crippen LogP contribution in [-0.4, -0.2) is 58.4 Å². The van der Waals surface area contributed by atoms with Crippen molar-refractivity contribution in [3.8, 4) is 0 Å². The smallest absolute Gasteiger partial charge is 0.338 e. The number of esters is 2. The number of hydrogen-bond donors (Lipinski definition) is 0. The van der Waals surface area contributed by atoms with Gasteiger partial charge in [0.15, 0.2) is 0 Å². The van der Waals surface area contributed by atoms with Crippen molar-refractivity contribution < 1.29 is 28.7 Å². The van der Waals surface area contributed by atoms with Crippen LogP contribution in [-0.2, 0) is 19.0 Å². The zero-order valence-corrected chi connectivity index (χ0v) is 18.3. The fraction of sp³-hybridized carbons (Fsp3) is 0.600. The Hall–Kier alpha value is -1.78. The van der Waals surface area contributed by atoms with Crippen molar-refractivity contribution >= 4 is 41.1 Å². The van der Waals surface area contributed by atoms with Gasteiger partial charge in [0.25, 0.3) is 5.69 Å². The SMILES string of the molecule is COC(=O)C[C@@H]1C[C@@H](OC(=O)c2ccc([N+](=O)[O-])cc2)C[C@H](CC2SCCCS2)O1. The summed E-state index contributed by atoms with van der Waals surface area (Å²) in [6.45, 7) is 0. The molecular weight excluding hydrogens is 430 g/mol. The maximum Gasteiger partial charge on any atom is 0.338 e. The molecule has 8 nitrogen and oxygen atoms in total. The second-order valence-electron chi connectivity index (χ2n) is 7.22. The number of ether oxygens (including phenoxy) is 3. The zero-order chi connectivity index (χ0) is 21.5. The van der Waals surface area contributed by atoms with Crippen LogP contribution in [0.3, 0.4) is 0 Å². The van der Waals surface area contributed by atoms with E-state index in [0.29, 0.717) is 17.4 Å². The molecule has 2 aliphatic heterocycles. The number of nitro groups is 1. The van der Waals surface area contributed by atoms with Crippen LogP contribution in [0.5, 0.6) is 0 Å². The summed E-state index contributed by atoms with van der Waals surface area (Å²) < 4.78 is 17.0. The molecule has 0 aromatic heterocycles. The Kier molecular flexibility index (Phi) is 8.41. The highest BCUT2D eigenvalue weighted by Gasteiger charge is 2.35. The van der Waals surface area contributed by atoms with Crippen molar-refractivity contribution in [1.82, 2.24) is 0 Å². The average molecular weight is 456 g/mol. The lowest BCUT2D eigenvalue weighted by molar-refractivity contribution is -0.384. The van der Waals surface area contributed by atoms with E-state index >= 15 is 0 Å². The first-order valence-electron chi connectivity index (χ1n) is 9.85. The van der Waals surface area contributed by atoms with Gasteiger partial charge in [0.2, 0.25) is 0 Å². The van der Waals surface area contributed by atoms with Crippen molar-refractivity contribution in [2.75, 3.05) is 18.6 Å². The summed E-state index contributed by atoms with van der Waals surface area (Å²) in [5, 5.41) is 10.8. The first-order valence-corrected chi connectivity index (χ1v) is 11.9. The van der Waals surface area contributed by atoms with E-state index in [0.717, 1.165) is 17.9 Å². The van der Waals surface area contributed by atoms with Crippen LogP contribution in [0.4, 0.5) is 5.69 Å². The van der Waals surface area contributed by atoms with Gasteiger partial charge in [0, 0.05) is 25.0 Å². The van der Waals surface area contributed by atoms with Crippen molar-refractivity contribution in [3.63, 3.8) is 0 Å². The van der Waals surface area contributed by atoms with Crippen LogP contribution >= 0.6 is 23.5 Å². The number of benzene rings is 1. The third kappa shape index (κ3) is 6.61. The van der Waals surface area contributed by atoms with Crippen molar-refractivity contribution in [1.29, 1.82) is 0 Å².